The summed E-state index contributed by atoms with van der Waals surface area (Å²) < 4.78 is 0. The number of fused-ring (bicyclic) bond motifs is 2. The Labute approximate surface area is 422 Å². The smallest absolute Gasteiger partial charge is 0.261 e. The predicted octanol–water partition coefficient (Wildman–Crippen LogP) is 18.1. The van der Waals surface area contributed by atoms with Gasteiger partial charge in [-0.15, -0.1) is 0 Å². The topological polar surface area (TPSA) is 74.8 Å². The summed E-state index contributed by atoms with van der Waals surface area (Å²) >= 11 is 0. The Morgan fingerprint density at radius 3 is 0.686 bits per heavy atom. The highest BCUT2D eigenvalue weighted by Crippen LogP contribution is 2.48. The molecule has 0 aliphatic carbocycles. The standard InChI is InChI=1S/C64H90N2O4/c1-9-17-25-43(26-18-10-2)55(44(27-19-11-3)28-20-12-4)41-65-61(67)51-37-33-47-49-35-39-53-60-54(40-36-50(58(49)60)48-34-38-52(62(65)68)59(51)57(47)48)64(70)66(63(53)69)42-56(45(29-21-13-5)30-22-14-6)46(31-23-15-7)32-24-16-8/h33-40,43-46,55-56H,9-32,41-42H2,1-8H3. The summed E-state index contributed by atoms with van der Waals surface area (Å²) in [6, 6.07) is 16.1. The molecule has 0 saturated heterocycles. The number of hydrogen-bond donors (Lipinski definition) is 0. The van der Waals surface area contributed by atoms with Crippen molar-refractivity contribution in [2.24, 2.45) is 35.5 Å². The van der Waals surface area contributed by atoms with E-state index in [9.17, 15) is 0 Å². The number of benzene rings is 5. The van der Waals surface area contributed by atoms with E-state index in [4.69, 9.17) is 0 Å². The summed E-state index contributed by atoms with van der Waals surface area (Å²) in [6.07, 6.45) is 27.7. The van der Waals surface area contributed by atoms with Gasteiger partial charge in [0.1, 0.15) is 0 Å². The average molecular weight is 951 g/mol. The van der Waals surface area contributed by atoms with Crippen LogP contribution in [-0.2, 0) is 0 Å². The van der Waals surface area contributed by atoms with Crippen molar-refractivity contribution in [1.82, 2.24) is 9.80 Å². The highest BCUT2D eigenvalue weighted by atomic mass is 16.2. The fourth-order valence-corrected chi connectivity index (χ4v) is 13.5. The summed E-state index contributed by atoms with van der Waals surface area (Å²) in [5.41, 5.74) is 2.40. The first kappa shape index (κ1) is 53.5. The minimum absolute atomic E-state index is 0.176. The van der Waals surface area contributed by atoms with Gasteiger partial charge in [-0.05, 0) is 92.1 Å². The maximum absolute atomic E-state index is 15.0. The molecule has 0 atom stereocenters. The van der Waals surface area contributed by atoms with Crippen LogP contribution in [0.4, 0.5) is 0 Å². The van der Waals surface area contributed by atoms with E-state index >= 15 is 19.2 Å². The lowest BCUT2D eigenvalue weighted by Gasteiger charge is -2.39. The summed E-state index contributed by atoms with van der Waals surface area (Å²) in [6.45, 7) is 19.1. The first-order valence-electron chi connectivity index (χ1n) is 29.1. The van der Waals surface area contributed by atoms with Crippen molar-refractivity contribution in [3.63, 3.8) is 0 Å². The Bertz CT molecular complexity index is 2190. The molecule has 0 unspecified atom stereocenters. The molecule has 0 aromatic heterocycles. The van der Waals surface area contributed by atoms with Gasteiger partial charge >= 0.3 is 0 Å². The van der Waals surface area contributed by atoms with Crippen LogP contribution in [0, 0.1) is 35.5 Å². The van der Waals surface area contributed by atoms with Crippen LogP contribution < -0.4 is 0 Å². The first-order valence-corrected chi connectivity index (χ1v) is 29.1. The van der Waals surface area contributed by atoms with Crippen LogP contribution >= 0.6 is 0 Å². The van der Waals surface area contributed by atoms with E-state index < -0.39 is 0 Å². The molecule has 70 heavy (non-hydrogen) atoms. The van der Waals surface area contributed by atoms with Crippen molar-refractivity contribution in [3.05, 3.63) is 70.8 Å². The fourth-order valence-electron chi connectivity index (χ4n) is 13.5. The van der Waals surface area contributed by atoms with Crippen molar-refractivity contribution in [1.29, 1.82) is 0 Å². The molecule has 7 rings (SSSR count). The van der Waals surface area contributed by atoms with Gasteiger partial charge in [0.15, 0.2) is 0 Å². The number of carbonyl (C=O) groups excluding carboxylic acids is 4. The van der Waals surface area contributed by atoms with E-state index in [1.54, 1.807) is 9.80 Å². The minimum Gasteiger partial charge on any atom is -0.274 e. The van der Waals surface area contributed by atoms with Gasteiger partial charge in [0.25, 0.3) is 23.6 Å². The van der Waals surface area contributed by atoms with E-state index in [2.05, 4.69) is 79.7 Å². The zero-order valence-corrected chi connectivity index (χ0v) is 45.0. The molecule has 4 amide bonds. The van der Waals surface area contributed by atoms with Crippen LogP contribution in [0.5, 0.6) is 0 Å². The number of rotatable bonds is 32. The fraction of sp³-hybridized carbons (Fsp3) is 0.625. The quantitative estimate of drug-likeness (QED) is 0.0244. The maximum Gasteiger partial charge on any atom is 0.261 e. The van der Waals surface area contributed by atoms with Gasteiger partial charge in [-0.1, -0.05) is 234 Å². The number of amides is 4. The minimum atomic E-state index is -0.176. The summed E-state index contributed by atoms with van der Waals surface area (Å²) in [5.74, 6) is 1.73. The summed E-state index contributed by atoms with van der Waals surface area (Å²) in [4.78, 5) is 63.5. The Balaban J connectivity index is 1.30. The molecule has 0 radical (unpaired) electrons. The lowest BCUT2D eigenvalue weighted by molar-refractivity contribution is 0.0490. The molecule has 0 fully saturated rings. The number of imide groups is 2. The zero-order chi connectivity index (χ0) is 49.9. The molecule has 2 aliphatic heterocycles. The van der Waals surface area contributed by atoms with Crippen molar-refractivity contribution >= 4 is 66.7 Å². The van der Waals surface area contributed by atoms with Crippen molar-refractivity contribution in [2.45, 2.75) is 209 Å². The van der Waals surface area contributed by atoms with Gasteiger partial charge in [0.05, 0.1) is 0 Å². The molecule has 5 aromatic rings. The molecular weight excluding hydrogens is 861 g/mol. The maximum atomic E-state index is 15.0. The molecule has 5 aromatic carbocycles. The Kier molecular flexibility index (Phi) is 19.4. The number of hydrogen-bond acceptors (Lipinski definition) is 4. The third kappa shape index (κ3) is 10.9. The van der Waals surface area contributed by atoms with Gasteiger partial charge in [0.2, 0.25) is 0 Å². The lowest BCUT2D eigenvalue weighted by Crippen LogP contribution is -2.46. The molecule has 6 nitrogen and oxygen atoms in total. The Morgan fingerprint density at radius 1 is 0.300 bits per heavy atom. The van der Waals surface area contributed by atoms with E-state index in [0.717, 1.165) is 146 Å². The van der Waals surface area contributed by atoms with Crippen molar-refractivity contribution < 1.29 is 19.2 Å². The van der Waals surface area contributed by atoms with E-state index in [1.165, 1.54) is 51.4 Å². The van der Waals surface area contributed by atoms with Gasteiger partial charge < -0.3 is 0 Å². The number of nitrogens with zero attached hydrogens (tertiary/aromatic N) is 2. The second-order valence-corrected chi connectivity index (χ2v) is 22.1. The van der Waals surface area contributed by atoms with Gasteiger partial charge in [-0.25, -0.2) is 0 Å². The van der Waals surface area contributed by atoms with Crippen molar-refractivity contribution in [3.8, 4) is 0 Å². The Hall–Kier alpha value is -4.32. The van der Waals surface area contributed by atoms with Crippen LogP contribution in [0.15, 0.2) is 48.5 Å². The molecule has 6 heteroatoms. The third-order valence-corrected chi connectivity index (χ3v) is 17.4. The van der Waals surface area contributed by atoms with Crippen LogP contribution in [0.25, 0.3) is 43.1 Å². The van der Waals surface area contributed by atoms with E-state index in [0.29, 0.717) is 59.0 Å². The number of unbranched alkanes of at least 4 members (excludes halogenated alkanes) is 8. The molecular formula is C64H90N2O4. The van der Waals surface area contributed by atoms with E-state index in [1.807, 2.05) is 24.3 Å². The predicted molar refractivity (Wildman–Crippen MR) is 296 cm³/mol. The second-order valence-electron chi connectivity index (χ2n) is 22.1. The molecule has 380 valence electrons. The highest BCUT2D eigenvalue weighted by molar-refractivity contribution is 6.41. The molecule has 2 heterocycles. The second kappa shape index (κ2) is 25.4. The molecule has 0 bridgehead atoms. The largest absolute Gasteiger partial charge is 0.274 e. The van der Waals surface area contributed by atoms with Crippen molar-refractivity contribution in [2.75, 3.05) is 13.1 Å². The third-order valence-electron chi connectivity index (χ3n) is 17.4. The molecule has 0 saturated carbocycles. The SMILES string of the molecule is CCCCC(CCCC)C(CN1C(=O)c2ccc3c4ccc5c6c(ccc(c7ccc(c2c37)C1=O)c64)C(=O)N(CC(C(CCCC)CCCC)C(CCCC)CCCC)C5=O)C(CCCC)CCCC. The lowest BCUT2D eigenvalue weighted by atomic mass is 9.72. The van der Waals surface area contributed by atoms with E-state index in [-0.39, 0.29) is 35.5 Å². The molecule has 0 spiro atoms. The average Bonchev–Trinajstić information content (AvgIpc) is 3.37. The monoisotopic (exact) mass is 951 g/mol. The number of carbonyl (C=O) groups is 4. The Morgan fingerprint density at radius 2 is 0.500 bits per heavy atom. The van der Waals surface area contributed by atoms with Crippen LogP contribution in [0.1, 0.15) is 251 Å². The van der Waals surface area contributed by atoms with Gasteiger partial charge in [-0.3, -0.25) is 29.0 Å². The normalized spacial score (nSPS) is 14.3. The summed E-state index contributed by atoms with van der Waals surface area (Å²) in [7, 11) is 0. The molecule has 2 aliphatic rings. The van der Waals surface area contributed by atoms with Gasteiger partial charge in [0, 0.05) is 46.1 Å². The summed E-state index contributed by atoms with van der Waals surface area (Å²) in [5, 5.41) is 7.11. The van der Waals surface area contributed by atoms with Crippen LogP contribution in [-0.4, -0.2) is 46.5 Å². The zero-order valence-electron chi connectivity index (χ0n) is 45.0. The first-order chi connectivity index (χ1) is 34.1. The van der Waals surface area contributed by atoms with Gasteiger partial charge in [-0.2, -0.15) is 0 Å². The molecule has 0 N–H and O–H groups in total. The highest BCUT2D eigenvalue weighted by Gasteiger charge is 2.41. The van der Waals surface area contributed by atoms with Crippen LogP contribution in [0.2, 0.25) is 0 Å². The van der Waals surface area contributed by atoms with Crippen LogP contribution in [0.3, 0.4) is 0 Å².